The van der Waals surface area contributed by atoms with Crippen LogP contribution in [0.2, 0.25) is 0 Å². The monoisotopic (exact) mass is 333 g/mol. The van der Waals surface area contributed by atoms with E-state index in [1.807, 2.05) is 38.1 Å². The van der Waals surface area contributed by atoms with Gasteiger partial charge < -0.3 is 15.8 Å². The lowest BCUT2D eigenvalue weighted by molar-refractivity contribution is 0.0818. The minimum atomic E-state index is -2.50. The Hall–Kier alpha value is -2.63. The highest BCUT2D eigenvalue weighted by atomic mass is 19.3. The van der Waals surface area contributed by atoms with Crippen molar-refractivity contribution in [3.05, 3.63) is 59.2 Å². The van der Waals surface area contributed by atoms with Gasteiger partial charge in [0.2, 0.25) is 0 Å². The van der Waals surface area contributed by atoms with Crippen molar-refractivity contribution in [3.63, 3.8) is 0 Å². The maximum Gasteiger partial charge on any atom is 0.272 e. The molecule has 4 nitrogen and oxygen atoms in total. The maximum atomic E-state index is 12.2. The molecule has 0 atom stereocenters. The van der Waals surface area contributed by atoms with Gasteiger partial charge in [-0.2, -0.15) is 0 Å². The molecule has 3 N–H and O–H groups in total. The third kappa shape index (κ3) is 5.53. The van der Waals surface area contributed by atoms with E-state index in [1.165, 1.54) is 5.56 Å². The van der Waals surface area contributed by atoms with Gasteiger partial charge in [-0.05, 0) is 54.8 Å². The average molecular weight is 333 g/mol. The van der Waals surface area contributed by atoms with E-state index >= 15 is 0 Å². The Labute approximate surface area is 140 Å². The van der Waals surface area contributed by atoms with Crippen LogP contribution in [0.15, 0.2) is 47.5 Å². The number of halogens is 2. The third-order valence-electron chi connectivity index (χ3n) is 3.49. The predicted molar refractivity (Wildman–Crippen MR) is 92.8 cm³/mol. The summed E-state index contributed by atoms with van der Waals surface area (Å²) in [4.78, 5) is 4.26. The minimum absolute atomic E-state index is 0.289. The molecule has 0 aliphatic carbocycles. The molecule has 0 spiro atoms. The Balaban J connectivity index is 1.96. The lowest BCUT2D eigenvalue weighted by Crippen LogP contribution is -2.22. The highest BCUT2D eigenvalue weighted by Crippen LogP contribution is 2.16. The van der Waals surface area contributed by atoms with Crippen molar-refractivity contribution < 1.29 is 13.5 Å². The third-order valence-corrected chi connectivity index (χ3v) is 3.49. The van der Waals surface area contributed by atoms with Crippen molar-refractivity contribution in [2.75, 3.05) is 11.9 Å². The summed E-state index contributed by atoms with van der Waals surface area (Å²) in [6.45, 7) is 3.77. The van der Waals surface area contributed by atoms with E-state index < -0.39 is 13.0 Å². The van der Waals surface area contributed by atoms with Crippen molar-refractivity contribution in [2.24, 2.45) is 10.7 Å². The van der Waals surface area contributed by atoms with Gasteiger partial charge in [-0.25, -0.2) is 13.8 Å². The first-order valence-corrected chi connectivity index (χ1v) is 7.58. The number of hydrogen-bond donors (Lipinski definition) is 2. The van der Waals surface area contributed by atoms with E-state index in [-0.39, 0.29) is 5.96 Å². The molecule has 0 radical (unpaired) electrons. The van der Waals surface area contributed by atoms with Gasteiger partial charge in [-0.15, -0.1) is 0 Å². The fraction of sp³-hybridized carbons (Fsp3) is 0.278. The number of aryl methyl sites for hydroxylation is 2. The van der Waals surface area contributed by atoms with Gasteiger partial charge in [0, 0.05) is 5.69 Å². The number of guanidine groups is 1. The van der Waals surface area contributed by atoms with Gasteiger partial charge in [0.15, 0.2) is 5.96 Å². The second kappa shape index (κ2) is 8.29. The number of benzene rings is 2. The summed E-state index contributed by atoms with van der Waals surface area (Å²) in [5, 5.41) is 3.03. The summed E-state index contributed by atoms with van der Waals surface area (Å²) in [5.41, 5.74) is 9.95. The van der Waals surface area contributed by atoms with Crippen LogP contribution in [0.3, 0.4) is 0 Å². The predicted octanol–water partition coefficient (Wildman–Crippen LogP) is 3.87. The van der Waals surface area contributed by atoms with Crippen LogP contribution in [0.1, 0.15) is 16.7 Å². The fourth-order valence-electron chi connectivity index (χ4n) is 2.08. The normalized spacial score (nSPS) is 11.6. The number of nitrogens with one attached hydrogen (secondary N) is 1. The molecule has 128 valence electrons. The Morgan fingerprint density at radius 2 is 1.96 bits per heavy atom. The van der Waals surface area contributed by atoms with Crippen molar-refractivity contribution in [2.45, 2.75) is 26.8 Å². The Bertz CT molecular complexity index is 717. The summed E-state index contributed by atoms with van der Waals surface area (Å²) < 4.78 is 29.3. The number of alkyl halides is 2. The van der Waals surface area contributed by atoms with E-state index in [4.69, 9.17) is 10.5 Å². The van der Waals surface area contributed by atoms with E-state index in [9.17, 15) is 8.78 Å². The molecule has 2 aromatic rings. The number of rotatable bonds is 6. The molecule has 0 saturated heterocycles. The maximum absolute atomic E-state index is 12.2. The van der Waals surface area contributed by atoms with Crippen LogP contribution in [-0.2, 0) is 6.54 Å². The van der Waals surface area contributed by atoms with Crippen molar-refractivity contribution in [1.82, 2.24) is 0 Å². The highest BCUT2D eigenvalue weighted by Gasteiger charge is 2.04. The summed E-state index contributed by atoms with van der Waals surface area (Å²) in [7, 11) is 0. The number of nitrogens with zero attached hydrogens (tertiary/aromatic N) is 1. The van der Waals surface area contributed by atoms with Crippen LogP contribution in [0.5, 0.6) is 5.75 Å². The quantitative estimate of drug-likeness (QED) is 0.623. The van der Waals surface area contributed by atoms with E-state index in [1.54, 1.807) is 18.2 Å². The molecule has 0 amide bonds. The van der Waals surface area contributed by atoms with Gasteiger partial charge in [0.1, 0.15) is 12.4 Å². The Morgan fingerprint density at radius 3 is 2.67 bits per heavy atom. The van der Waals surface area contributed by atoms with E-state index in [0.717, 1.165) is 16.8 Å². The van der Waals surface area contributed by atoms with Crippen LogP contribution in [0.25, 0.3) is 0 Å². The van der Waals surface area contributed by atoms with E-state index in [0.29, 0.717) is 12.3 Å². The molecular formula is C18H21F2N3O. The molecule has 0 fully saturated rings. The van der Waals surface area contributed by atoms with Crippen LogP contribution < -0.4 is 15.8 Å². The molecule has 2 rings (SSSR count). The zero-order valence-electron chi connectivity index (χ0n) is 13.7. The second-order valence-electron chi connectivity index (χ2n) is 5.48. The van der Waals surface area contributed by atoms with Gasteiger partial charge >= 0.3 is 0 Å². The molecule has 0 saturated carbocycles. The van der Waals surface area contributed by atoms with Crippen LogP contribution in [-0.4, -0.2) is 19.0 Å². The molecule has 0 unspecified atom stereocenters. The average Bonchev–Trinajstić information content (AvgIpc) is 2.55. The molecule has 0 aliphatic heterocycles. The summed E-state index contributed by atoms with van der Waals surface area (Å²) in [6, 6.07) is 12.8. The van der Waals surface area contributed by atoms with Crippen LogP contribution >= 0.6 is 0 Å². The number of ether oxygens (including phenoxy) is 1. The van der Waals surface area contributed by atoms with Crippen molar-refractivity contribution >= 4 is 11.6 Å². The van der Waals surface area contributed by atoms with E-state index in [2.05, 4.69) is 10.3 Å². The van der Waals surface area contributed by atoms with Crippen molar-refractivity contribution in [3.8, 4) is 5.75 Å². The molecule has 0 aliphatic rings. The van der Waals surface area contributed by atoms with Crippen LogP contribution in [0, 0.1) is 13.8 Å². The first kappa shape index (κ1) is 17.7. The summed E-state index contributed by atoms with van der Waals surface area (Å²) >= 11 is 0. The summed E-state index contributed by atoms with van der Waals surface area (Å²) in [6.07, 6.45) is -2.50. The zero-order chi connectivity index (χ0) is 17.5. The lowest BCUT2D eigenvalue weighted by Gasteiger charge is -2.09. The number of aliphatic imine (C=N–C) groups is 1. The smallest absolute Gasteiger partial charge is 0.272 e. The first-order chi connectivity index (χ1) is 11.4. The van der Waals surface area contributed by atoms with Gasteiger partial charge in [0.25, 0.3) is 6.43 Å². The van der Waals surface area contributed by atoms with Crippen LogP contribution in [0.4, 0.5) is 14.5 Å². The number of nitrogens with two attached hydrogens (primary N) is 1. The lowest BCUT2D eigenvalue weighted by atomic mass is 10.1. The largest absolute Gasteiger partial charge is 0.488 e. The second-order valence-corrected chi connectivity index (χ2v) is 5.48. The molecule has 0 heterocycles. The zero-order valence-corrected chi connectivity index (χ0v) is 13.7. The molecule has 6 heteroatoms. The van der Waals surface area contributed by atoms with Gasteiger partial charge in [-0.1, -0.05) is 18.2 Å². The van der Waals surface area contributed by atoms with Gasteiger partial charge in [0.05, 0.1) is 6.54 Å². The standard InChI is InChI=1S/C18H21F2N3O/c1-12-6-7-15(8-13(12)2)23-18(21)22-10-14-4-3-5-16(9-14)24-11-17(19)20/h3-9,17H,10-11H2,1-2H3,(H3,21,22,23). The number of anilines is 1. The molecule has 24 heavy (non-hydrogen) atoms. The number of hydrogen-bond acceptors (Lipinski definition) is 2. The Kier molecular flexibility index (Phi) is 6.12. The highest BCUT2D eigenvalue weighted by molar-refractivity contribution is 5.92. The topological polar surface area (TPSA) is 59.6 Å². The molecule has 2 aromatic carbocycles. The Morgan fingerprint density at radius 1 is 1.17 bits per heavy atom. The summed E-state index contributed by atoms with van der Waals surface area (Å²) in [5.74, 6) is 0.681. The fourth-order valence-corrected chi connectivity index (χ4v) is 2.08. The molecular weight excluding hydrogens is 312 g/mol. The first-order valence-electron chi connectivity index (χ1n) is 7.58. The SMILES string of the molecule is Cc1ccc(NC(N)=NCc2cccc(OCC(F)F)c2)cc1C. The van der Waals surface area contributed by atoms with Gasteiger partial charge in [-0.3, -0.25) is 0 Å². The van der Waals surface area contributed by atoms with Crippen molar-refractivity contribution in [1.29, 1.82) is 0 Å². The minimum Gasteiger partial charge on any atom is -0.488 e. The molecule has 0 aromatic heterocycles. The molecule has 0 bridgehead atoms.